The van der Waals surface area contributed by atoms with Crippen molar-refractivity contribution in [2.45, 2.75) is 19.5 Å². The minimum Gasteiger partial charge on any atom is -0.398 e. The summed E-state index contributed by atoms with van der Waals surface area (Å²) in [6.45, 7) is 1.81. The van der Waals surface area contributed by atoms with Crippen molar-refractivity contribution in [3.63, 3.8) is 0 Å². The van der Waals surface area contributed by atoms with E-state index in [1.54, 1.807) is 6.92 Å². The summed E-state index contributed by atoms with van der Waals surface area (Å²) >= 11 is 0. The predicted octanol–water partition coefficient (Wildman–Crippen LogP) is 2.25. The predicted molar refractivity (Wildman–Crippen MR) is 43.0 cm³/mol. The Morgan fingerprint density at radius 1 is 1.46 bits per heavy atom. The lowest BCUT2D eigenvalue weighted by Crippen LogP contribution is -2.09. The SMILES string of the molecule is CCc1cnc(C(F)(F)F)cc1N. The van der Waals surface area contributed by atoms with E-state index < -0.39 is 11.9 Å². The number of halogens is 3. The Kier molecular flexibility index (Phi) is 2.45. The van der Waals surface area contributed by atoms with E-state index in [0.29, 0.717) is 12.0 Å². The van der Waals surface area contributed by atoms with Gasteiger partial charge in [-0.25, -0.2) is 0 Å². The first kappa shape index (κ1) is 9.83. The molecule has 0 saturated heterocycles. The number of rotatable bonds is 1. The largest absolute Gasteiger partial charge is 0.433 e. The minimum atomic E-state index is -4.42. The van der Waals surface area contributed by atoms with Crippen LogP contribution in [-0.4, -0.2) is 4.98 Å². The van der Waals surface area contributed by atoms with Crippen molar-refractivity contribution >= 4 is 5.69 Å². The highest BCUT2D eigenvalue weighted by atomic mass is 19.4. The first-order valence-corrected chi connectivity index (χ1v) is 3.76. The number of aromatic nitrogens is 1. The third kappa shape index (κ3) is 2.11. The summed E-state index contributed by atoms with van der Waals surface area (Å²) in [5.41, 5.74) is 5.22. The van der Waals surface area contributed by atoms with Crippen LogP contribution in [0.25, 0.3) is 0 Å². The molecule has 0 aromatic carbocycles. The van der Waals surface area contributed by atoms with Crippen molar-refractivity contribution in [3.8, 4) is 0 Å². The molecule has 0 aliphatic heterocycles. The monoisotopic (exact) mass is 190 g/mol. The Bertz CT molecular complexity index is 307. The van der Waals surface area contributed by atoms with E-state index in [2.05, 4.69) is 4.98 Å². The molecule has 0 aliphatic rings. The topological polar surface area (TPSA) is 38.9 Å². The maximum atomic E-state index is 12.1. The number of nitrogens with two attached hydrogens (primary N) is 1. The smallest absolute Gasteiger partial charge is 0.398 e. The van der Waals surface area contributed by atoms with Crippen LogP contribution in [-0.2, 0) is 12.6 Å². The van der Waals surface area contributed by atoms with E-state index in [4.69, 9.17) is 5.73 Å². The molecule has 5 heteroatoms. The second-order valence-corrected chi connectivity index (χ2v) is 2.62. The van der Waals surface area contributed by atoms with E-state index in [0.717, 1.165) is 12.3 Å². The number of anilines is 1. The molecule has 0 spiro atoms. The zero-order chi connectivity index (χ0) is 10.1. The fraction of sp³-hybridized carbons (Fsp3) is 0.375. The van der Waals surface area contributed by atoms with E-state index in [1.165, 1.54) is 0 Å². The normalized spacial score (nSPS) is 11.7. The van der Waals surface area contributed by atoms with Gasteiger partial charge in [-0.2, -0.15) is 13.2 Å². The fourth-order valence-electron chi connectivity index (χ4n) is 0.950. The molecule has 2 nitrogen and oxygen atoms in total. The summed E-state index contributed by atoms with van der Waals surface area (Å²) in [5.74, 6) is 0. The van der Waals surface area contributed by atoms with Gasteiger partial charge in [-0.3, -0.25) is 4.98 Å². The van der Waals surface area contributed by atoms with Gasteiger partial charge in [0.25, 0.3) is 0 Å². The molecule has 0 atom stereocenters. The molecule has 2 N–H and O–H groups in total. The number of pyridine rings is 1. The van der Waals surface area contributed by atoms with Crippen LogP contribution in [0.4, 0.5) is 18.9 Å². The van der Waals surface area contributed by atoms with Crippen molar-refractivity contribution < 1.29 is 13.2 Å². The molecule has 72 valence electrons. The maximum Gasteiger partial charge on any atom is 0.433 e. The van der Waals surface area contributed by atoms with E-state index in [1.807, 2.05) is 0 Å². The second-order valence-electron chi connectivity index (χ2n) is 2.62. The summed E-state index contributed by atoms with van der Waals surface area (Å²) in [6, 6.07) is 0.860. The number of aryl methyl sites for hydroxylation is 1. The third-order valence-corrected chi connectivity index (χ3v) is 1.69. The van der Waals surface area contributed by atoms with Gasteiger partial charge >= 0.3 is 6.18 Å². The van der Waals surface area contributed by atoms with Gasteiger partial charge in [-0.15, -0.1) is 0 Å². The first-order valence-electron chi connectivity index (χ1n) is 3.76. The molecule has 0 bridgehead atoms. The molecule has 0 amide bonds. The van der Waals surface area contributed by atoms with Crippen LogP contribution in [0.1, 0.15) is 18.2 Å². The molecule has 1 aromatic rings. The summed E-state index contributed by atoms with van der Waals surface area (Å²) in [5, 5.41) is 0. The van der Waals surface area contributed by atoms with Gasteiger partial charge in [0.05, 0.1) is 0 Å². The molecular weight excluding hydrogens is 181 g/mol. The third-order valence-electron chi connectivity index (χ3n) is 1.69. The number of nitrogen functional groups attached to an aromatic ring is 1. The summed E-state index contributed by atoms with van der Waals surface area (Å²) in [4.78, 5) is 3.28. The van der Waals surface area contributed by atoms with Gasteiger partial charge in [-0.1, -0.05) is 6.92 Å². The van der Waals surface area contributed by atoms with E-state index in [-0.39, 0.29) is 5.69 Å². The Morgan fingerprint density at radius 2 is 2.08 bits per heavy atom. The van der Waals surface area contributed by atoms with Gasteiger partial charge in [0.1, 0.15) is 5.69 Å². The quantitative estimate of drug-likeness (QED) is 0.737. The number of hydrogen-bond acceptors (Lipinski definition) is 2. The highest BCUT2D eigenvalue weighted by molar-refractivity contribution is 5.46. The maximum absolute atomic E-state index is 12.1. The molecule has 0 radical (unpaired) electrons. The average Bonchev–Trinajstić information content (AvgIpc) is 2.02. The lowest BCUT2D eigenvalue weighted by atomic mass is 10.1. The molecule has 1 aromatic heterocycles. The van der Waals surface area contributed by atoms with Crippen LogP contribution < -0.4 is 5.73 Å². The summed E-state index contributed by atoms with van der Waals surface area (Å²) in [6.07, 6.45) is -2.67. The molecule has 0 saturated carbocycles. The molecule has 0 unspecified atom stereocenters. The van der Waals surface area contributed by atoms with Crippen LogP contribution in [0.15, 0.2) is 12.3 Å². The van der Waals surface area contributed by atoms with Crippen molar-refractivity contribution in [1.82, 2.24) is 4.98 Å². The Hall–Kier alpha value is -1.26. The highest BCUT2D eigenvalue weighted by Crippen LogP contribution is 2.29. The van der Waals surface area contributed by atoms with Crippen molar-refractivity contribution in [3.05, 3.63) is 23.5 Å². The van der Waals surface area contributed by atoms with Crippen LogP contribution in [0, 0.1) is 0 Å². The molecule has 13 heavy (non-hydrogen) atoms. The van der Waals surface area contributed by atoms with Gasteiger partial charge in [0, 0.05) is 11.9 Å². The van der Waals surface area contributed by atoms with Crippen molar-refractivity contribution in [1.29, 1.82) is 0 Å². The van der Waals surface area contributed by atoms with Gasteiger partial charge in [-0.05, 0) is 18.1 Å². The number of alkyl halides is 3. The lowest BCUT2D eigenvalue weighted by Gasteiger charge is -2.08. The second kappa shape index (κ2) is 3.24. The molecular formula is C8H9F3N2. The highest BCUT2D eigenvalue weighted by Gasteiger charge is 2.32. The molecule has 0 aliphatic carbocycles. The van der Waals surface area contributed by atoms with Gasteiger partial charge in [0.15, 0.2) is 0 Å². The fourth-order valence-corrected chi connectivity index (χ4v) is 0.950. The van der Waals surface area contributed by atoms with Crippen molar-refractivity contribution in [2.24, 2.45) is 0 Å². The van der Waals surface area contributed by atoms with E-state index in [9.17, 15) is 13.2 Å². The Morgan fingerprint density at radius 3 is 2.46 bits per heavy atom. The van der Waals surface area contributed by atoms with Crippen LogP contribution in [0.3, 0.4) is 0 Å². The summed E-state index contributed by atoms with van der Waals surface area (Å²) < 4.78 is 36.3. The minimum absolute atomic E-state index is 0.143. The molecule has 1 rings (SSSR count). The van der Waals surface area contributed by atoms with Gasteiger partial charge < -0.3 is 5.73 Å². The van der Waals surface area contributed by atoms with Crippen LogP contribution in [0.5, 0.6) is 0 Å². The summed E-state index contributed by atoms with van der Waals surface area (Å²) in [7, 11) is 0. The molecule has 1 heterocycles. The van der Waals surface area contributed by atoms with Crippen LogP contribution >= 0.6 is 0 Å². The van der Waals surface area contributed by atoms with Crippen LogP contribution in [0.2, 0.25) is 0 Å². The number of nitrogens with zero attached hydrogens (tertiary/aromatic N) is 1. The lowest BCUT2D eigenvalue weighted by molar-refractivity contribution is -0.141. The zero-order valence-corrected chi connectivity index (χ0v) is 7.02. The van der Waals surface area contributed by atoms with E-state index >= 15 is 0 Å². The Labute approximate surface area is 73.6 Å². The van der Waals surface area contributed by atoms with Gasteiger partial charge in [0.2, 0.25) is 0 Å². The Balaban J connectivity index is 3.10. The number of hydrogen-bond donors (Lipinski definition) is 1. The van der Waals surface area contributed by atoms with Crippen molar-refractivity contribution in [2.75, 3.05) is 5.73 Å². The zero-order valence-electron chi connectivity index (χ0n) is 7.02. The molecule has 0 fully saturated rings. The average molecular weight is 190 g/mol. The standard InChI is InChI=1S/C8H9F3N2/c1-2-5-4-13-7(3-6(5)12)8(9,10)11/h3-4H,2H2,1H3,(H2,12,13). The first-order chi connectivity index (χ1) is 5.95.